The molecule has 0 saturated heterocycles. The second-order valence-corrected chi connectivity index (χ2v) is 11.2. The predicted octanol–water partition coefficient (Wildman–Crippen LogP) is 1.67. The molecule has 0 unspecified atom stereocenters. The summed E-state index contributed by atoms with van der Waals surface area (Å²) in [4.78, 5) is 29.2. The third-order valence-corrected chi connectivity index (χ3v) is 6.82. The minimum Gasteiger partial charge on any atom is -0.388 e. The van der Waals surface area contributed by atoms with Crippen LogP contribution in [0.25, 0.3) is 0 Å². The van der Waals surface area contributed by atoms with Gasteiger partial charge in [-0.3, -0.25) is 14.3 Å². The second-order valence-electron chi connectivity index (χ2n) is 8.58. The van der Waals surface area contributed by atoms with Crippen LogP contribution in [0.2, 0.25) is 0 Å². The minimum absolute atomic E-state index is 0.0702. The number of thiazole rings is 1. The number of hydrogen-bond acceptors (Lipinski definition) is 8. The topological polar surface area (TPSA) is 158 Å². The lowest BCUT2D eigenvalue weighted by Crippen LogP contribution is -2.55. The first-order valence-electron chi connectivity index (χ1n) is 11.2. The molecule has 3 rings (SSSR count). The molecular weight excluding hydrogens is 542 g/mol. The largest absolute Gasteiger partial charge is 0.388 e. The minimum atomic E-state index is -3.64. The van der Waals surface area contributed by atoms with Gasteiger partial charge in [0.25, 0.3) is 11.8 Å². The van der Waals surface area contributed by atoms with Crippen LogP contribution in [0.5, 0.6) is 0 Å². The quantitative estimate of drug-likeness (QED) is 0.235. The van der Waals surface area contributed by atoms with Crippen molar-refractivity contribution in [2.24, 2.45) is 0 Å². The molecule has 0 aliphatic rings. The van der Waals surface area contributed by atoms with Crippen molar-refractivity contribution in [1.29, 1.82) is 0 Å². The van der Waals surface area contributed by atoms with Crippen molar-refractivity contribution in [2.45, 2.75) is 37.6 Å². The summed E-state index contributed by atoms with van der Waals surface area (Å²) in [5, 5.41) is 28.0. The molecule has 14 heteroatoms. The van der Waals surface area contributed by atoms with E-state index in [1.54, 1.807) is 30.3 Å². The fourth-order valence-corrected chi connectivity index (χ4v) is 5.11. The smallest absolute Gasteiger partial charge is 0.271 e. The second kappa shape index (κ2) is 12.4. The number of halogens is 2. The van der Waals surface area contributed by atoms with Crippen LogP contribution >= 0.6 is 11.3 Å². The van der Waals surface area contributed by atoms with E-state index in [-0.39, 0.29) is 22.8 Å². The van der Waals surface area contributed by atoms with Gasteiger partial charge in [-0.15, -0.1) is 11.3 Å². The molecule has 0 aliphatic heterocycles. The molecular formula is C24H26F2N4O6S2. The lowest BCUT2D eigenvalue weighted by Gasteiger charge is -2.31. The van der Waals surface area contributed by atoms with Crippen LogP contribution in [0.3, 0.4) is 0 Å². The lowest BCUT2D eigenvalue weighted by atomic mass is 9.94. The van der Waals surface area contributed by atoms with Crippen molar-refractivity contribution in [3.05, 3.63) is 82.4 Å². The van der Waals surface area contributed by atoms with Crippen molar-refractivity contribution in [3.8, 4) is 0 Å². The number of anilines is 1. The Bertz CT molecular complexity index is 1370. The molecule has 4 atom stereocenters. The number of carbonyl (C=O) groups excluding carboxylic acids is 2. The molecule has 0 bridgehead atoms. The fraction of sp³-hybridized carbons (Fsp3) is 0.292. The number of aromatic nitrogens is 1. The molecule has 0 saturated carbocycles. The van der Waals surface area contributed by atoms with E-state index in [1.807, 2.05) is 0 Å². The van der Waals surface area contributed by atoms with Crippen molar-refractivity contribution in [1.82, 2.24) is 15.6 Å². The molecule has 10 nitrogen and oxygen atoms in total. The van der Waals surface area contributed by atoms with Gasteiger partial charge in [0.05, 0.1) is 18.3 Å². The van der Waals surface area contributed by atoms with Crippen molar-refractivity contribution >= 4 is 38.3 Å². The van der Waals surface area contributed by atoms with E-state index < -0.39 is 57.8 Å². The average molecular weight is 569 g/mol. The monoisotopic (exact) mass is 568 g/mol. The van der Waals surface area contributed by atoms with Gasteiger partial charge in [-0.25, -0.2) is 22.2 Å². The Hall–Kier alpha value is -3.46. The number of sulfonamides is 1. The van der Waals surface area contributed by atoms with Gasteiger partial charge in [0.2, 0.25) is 10.0 Å². The third kappa shape index (κ3) is 8.28. The highest BCUT2D eigenvalue weighted by Crippen LogP contribution is 2.19. The molecule has 0 fully saturated rings. The highest BCUT2D eigenvalue weighted by molar-refractivity contribution is 7.92. The molecule has 38 heavy (non-hydrogen) atoms. The number of nitrogens with one attached hydrogen (secondary N) is 3. The van der Waals surface area contributed by atoms with Crippen molar-refractivity contribution in [3.63, 3.8) is 0 Å². The Morgan fingerprint density at radius 3 is 2.24 bits per heavy atom. The number of rotatable bonds is 11. The molecule has 1 aromatic heterocycles. The maximum Gasteiger partial charge on any atom is 0.271 e. The Balaban J connectivity index is 1.80. The first kappa shape index (κ1) is 29.1. The summed E-state index contributed by atoms with van der Waals surface area (Å²) in [5.41, 5.74) is 0.213. The zero-order valence-electron chi connectivity index (χ0n) is 20.3. The molecule has 2 aromatic carbocycles. The summed E-state index contributed by atoms with van der Waals surface area (Å²) in [7, 11) is -3.64. The molecule has 0 aliphatic carbocycles. The molecule has 204 valence electrons. The van der Waals surface area contributed by atoms with E-state index >= 15 is 0 Å². The SMILES string of the molecule is C[C@@H](NC(=O)c1ccccc1)[C@@H](O)[C@H](O)[C@H](Cc1cc(F)cc(F)c1)NC(=O)c1csc(NS(C)(=O)=O)n1. The Morgan fingerprint density at radius 2 is 1.63 bits per heavy atom. The van der Waals surface area contributed by atoms with Gasteiger partial charge < -0.3 is 20.8 Å². The molecule has 0 spiro atoms. The Labute approximate surface area is 221 Å². The van der Waals surface area contributed by atoms with Crippen molar-refractivity contribution in [2.75, 3.05) is 11.0 Å². The fourth-order valence-electron chi connectivity index (χ4n) is 3.56. The van der Waals surface area contributed by atoms with E-state index in [2.05, 4.69) is 20.3 Å². The summed E-state index contributed by atoms with van der Waals surface area (Å²) in [5.74, 6) is -3.10. The maximum atomic E-state index is 13.8. The summed E-state index contributed by atoms with van der Waals surface area (Å²) < 4.78 is 52.5. The molecule has 1 heterocycles. The summed E-state index contributed by atoms with van der Waals surface area (Å²) in [6.45, 7) is 1.44. The van der Waals surface area contributed by atoms with Gasteiger partial charge in [-0.05, 0) is 43.2 Å². The zero-order chi connectivity index (χ0) is 28.0. The van der Waals surface area contributed by atoms with Gasteiger partial charge in [0, 0.05) is 17.0 Å². The first-order valence-corrected chi connectivity index (χ1v) is 14.0. The average Bonchev–Trinajstić information content (AvgIpc) is 3.29. The highest BCUT2D eigenvalue weighted by atomic mass is 32.2. The van der Waals surface area contributed by atoms with E-state index in [1.165, 1.54) is 12.3 Å². The summed E-state index contributed by atoms with van der Waals surface area (Å²) in [6.07, 6.45) is -2.69. The number of hydrogen-bond donors (Lipinski definition) is 5. The van der Waals surface area contributed by atoms with Crippen LogP contribution in [-0.2, 0) is 16.4 Å². The van der Waals surface area contributed by atoms with Crippen LogP contribution in [0, 0.1) is 11.6 Å². The molecule has 3 aromatic rings. The summed E-state index contributed by atoms with van der Waals surface area (Å²) >= 11 is 0.843. The zero-order valence-corrected chi connectivity index (χ0v) is 21.9. The van der Waals surface area contributed by atoms with Gasteiger partial charge >= 0.3 is 0 Å². The summed E-state index contributed by atoms with van der Waals surface area (Å²) in [6, 6.07) is 8.57. The van der Waals surface area contributed by atoms with Crippen LogP contribution in [0.4, 0.5) is 13.9 Å². The number of amides is 2. The van der Waals surface area contributed by atoms with Crippen LogP contribution in [0.1, 0.15) is 33.3 Å². The van der Waals surface area contributed by atoms with Gasteiger partial charge in [0.1, 0.15) is 29.5 Å². The van der Waals surface area contributed by atoms with Gasteiger partial charge in [-0.2, -0.15) is 0 Å². The van der Waals surface area contributed by atoms with Gasteiger partial charge in [0.15, 0.2) is 5.13 Å². The third-order valence-electron chi connectivity index (χ3n) is 5.37. The number of carbonyl (C=O) groups is 2. The van der Waals surface area contributed by atoms with Crippen LogP contribution in [-0.4, -0.2) is 66.0 Å². The van der Waals surface area contributed by atoms with Crippen LogP contribution in [0.15, 0.2) is 53.9 Å². The number of nitrogens with zero attached hydrogens (tertiary/aromatic N) is 1. The normalized spacial score (nSPS) is 14.7. The number of benzene rings is 2. The predicted molar refractivity (Wildman–Crippen MR) is 137 cm³/mol. The Kier molecular flexibility index (Phi) is 9.49. The first-order chi connectivity index (χ1) is 17.8. The molecule has 2 amide bonds. The number of aliphatic hydroxyl groups excluding tert-OH is 2. The lowest BCUT2D eigenvalue weighted by molar-refractivity contribution is -0.0188. The molecule has 0 radical (unpaired) electrons. The van der Waals surface area contributed by atoms with Crippen LogP contribution < -0.4 is 15.4 Å². The standard InChI is InChI=1S/C24H26F2N4O6S2/c1-13(27-22(33)15-6-4-3-5-7-15)20(31)21(32)18(10-14-8-16(25)11-17(26)9-14)28-23(34)19-12-37-24(29-19)30-38(2,35)36/h3-9,11-13,18,20-21,31-32H,10H2,1-2H3,(H,27,33)(H,28,34)(H,29,30)/t13-,18+,20-,21-/m1/s1. The van der Waals surface area contributed by atoms with E-state index in [0.717, 1.165) is 29.7 Å². The van der Waals surface area contributed by atoms with E-state index in [9.17, 15) is 37.0 Å². The molecule has 5 N–H and O–H groups in total. The highest BCUT2D eigenvalue weighted by Gasteiger charge is 2.33. The van der Waals surface area contributed by atoms with Crippen molar-refractivity contribution < 1.29 is 37.0 Å². The number of aliphatic hydroxyl groups is 2. The van der Waals surface area contributed by atoms with E-state index in [4.69, 9.17) is 0 Å². The van der Waals surface area contributed by atoms with Gasteiger partial charge in [-0.1, -0.05) is 18.2 Å². The van der Waals surface area contributed by atoms with E-state index in [0.29, 0.717) is 11.6 Å². The maximum absolute atomic E-state index is 13.8. The Morgan fingerprint density at radius 1 is 1.00 bits per heavy atom.